The minimum absolute atomic E-state index is 0.0970. The summed E-state index contributed by atoms with van der Waals surface area (Å²) in [6.07, 6.45) is 0. The summed E-state index contributed by atoms with van der Waals surface area (Å²) in [4.78, 5) is 30.6. The second-order valence-corrected chi connectivity index (χ2v) is 8.78. The van der Waals surface area contributed by atoms with E-state index >= 15 is 0 Å². The summed E-state index contributed by atoms with van der Waals surface area (Å²) in [5.41, 5.74) is 4.38. The fraction of sp³-hybridized carbons (Fsp3) is 0.222. The third kappa shape index (κ3) is 4.75. The Balaban J connectivity index is 1.42. The smallest absolute Gasteiger partial charge is 0.255 e. The molecule has 4 rings (SSSR count). The van der Waals surface area contributed by atoms with E-state index in [2.05, 4.69) is 23.1 Å². The largest absolute Gasteiger partial charge is 0.368 e. The minimum Gasteiger partial charge on any atom is -0.368 e. The molecule has 0 aromatic heterocycles. The molecule has 172 valence electrons. The number of amides is 2. The van der Waals surface area contributed by atoms with Crippen LogP contribution in [-0.4, -0.2) is 61.9 Å². The average Bonchev–Trinajstić information content (AvgIpc) is 2.88. The van der Waals surface area contributed by atoms with Crippen LogP contribution in [0.2, 0.25) is 5.02 Å². The number of carbonyl (C=O) groups is 2. The van der Waals surface area contributed by atoms with Crippen LogP contribution in [0.4, 0.5) is 5.69 Å². The molecule has 7 heteroatoms. The van der Waals surface area contributed by atoms with Gasteiger partial charge in [-0.2, -0.15) is 5.26 Å². The van der Waals surface area contributed by atoms with Crippen molar-refractivity contribution in [3.63, 3.8) is 0 Å². The summed E-state index contributed by atoms with van der Waals surface area (Å²) in [6.45, 7) is 2.62. The molecule has 3 aromatic carbocycles. The first-order valence-electron chi connectivity index (χ1n) is 11.0. The van der Waals surface area contributed by atoms with Gasteiger partial charge >= 0.3 is 0 Å². The summed E-state index contributed by atoms with van der Waals surface area (Å²) in [6, 6.07) is 22.7. The van der Waals surface area contributed by atoms with Gasteiger partial charge in [0.1, 0.15) is 0 Å². The summed E-state index contributed by atoms with van der Waals surface area (Å²) >= 11 is 6.37. The Kier molecular flexibility index (Phi) is 6.85. The van der Waals surface area contributed by atoms with Crippen LogP contribution in [0.3, 0.4) is 0 Å². The molecule has 6 nitrogen and oxygen atoms in total. The van der Waals surface area contributed by atoms with E-state index < -0.39 is 0 Å². The number of rotatable bonds is 4. The monoisotopic (exact) mass is 472 g/mol. The Morgan fingerprint density at radius 1 is 0.882 bits per heavy atom. The van der Waals surface area contributed by atoms with Crippen molar-refractivity contribution in [2.75, 3.05) is 45.2 Å². The van der Waals surface area contributed by atoms with Gasteiger partial charge in [0.05, 0.1) is 27.8 Å². The molecule has 34 heavy (non-hydrogen) atoms. The Hall–Kier alpha value is -3.82. The zero-order valence-electron chi connectivity index (χ0n) is 19.2. The number of hydrogen-bond acceptors (Lipinski definition) is 4. The molecule has 1 aliphatic heterocycles. The van der Waals surface area contributed by atoms with E-state index in [0.29, 0.717) is 47.9 Å². The summed E-state index contributed by atoms with van der Waals surface area (Å²) in [7, 11) is 3.40. The fourth-order valence-electron chi connectivity index (χ4n) is 4.08. The average molecular weight is 473 g/mol. The number of piperazine rings is 1. The zero-order chi connectivity index (χ0) is 24.2. The molecule has 0 spiro atoms. The topological polar surface area (TPSA) is 67.7 Å². The lowest BCUT2D eigenvalue weighted by Crippen LogP contribution is -2.48. The summed E-state index contributed by atoms with van der Waals surface area (Å²) in [5, 5.41) is 9.71. The predicted molar refractivity (Wildman–Crippen MR) is 134 cm³/mol. The maximum atomic E-state index is 12.9. The number of hydrogen-bond donors (Lipinski definition) is 0. The number of nitriles is 1. The quantitative estimate of drug-likeness (QED) is 0.559. The highest BCUT2D eigenvalue weighted by atomic mass is 35.5. The Bertz CT molecular complexity index is 1260. The van der Waals surface area contributed by atoms with Gasteiger partial charge < -0.3 is 14.7 Å². The van der Waals surface area contributed by atoms with Gasteiger partial charge in [0, 0.05) is 46.0 Å². The molecule has 0 N–H and O–H groups in total. The molecule has 3 aromatic rings. The van der Waals surface area contributed by atoms with Gasteiger partial charge in [0.15, 0.2) is 0 Å². The first-order valence-corrected chi connectivity index (χ1v) is 11.4. The molecule has 1 heterocycles. The molecule has 0 aliphatic carbocycles. The third-order valence-electron chi connectivity index (χ3n) is 6.02. The Labute approximate surface area is 204 Å². The number of benzene rings is 3. The van der Waals surface area contributed by atoms with E-state index in [0.717, 1.165) is 16.8 Å². The Morgan fingerprint density at radius 3 is 2.15 bits per heavy atom. The van der Waals surface area contributed by atoms with E-state index in [-0.39, 0.29) is 11.8 Å². The van der Waals surface area contributed by atoms with E-state index in [4.69, 9.17) is 11.6 Å². The van der Waals surface area contributed by atoms with Gasteiger partial charge in [-0.15, -0.1) is 0 Å². The zero-order valence-corrected chi connectivity index (χ0v) is 19.9. The van der Waals surface area contributed by atoms with Crippen LogP contribution in [0.15, 0.2) is 66.7 Å². The lowest BCUT2D eigenvalue weighted by atomic mass is 10.0. The number of halogens is 1. The van der Waals surface area contributed by atoms with Crippen molar-refractivity contribution in [2.24, 2.45) is 0 Å². The molecule has 0 unspecified atom stereocenters. The lowest BCUT2D eigenvalue weighted by molar-refractivity contribution is 0.0746. The van der Waals surface area contributed by atoms with Crippen molar-refractivity contribution in [3.05, 3.63) is 88.4 Å². The lowest BCUT2D eigenvalue weighted by Gasteiger charge is -2.36. The molecule has 0 saturated carbocycles. The van der Waals surface area contributed by atoms with Crippen molar-refractivity contribution >= 4 is 29.1 Å². The minimum atomic E-state index is -0.124. The number of nitrogens with zero attached hydrogens (tertiary/aromatic N) is 4. The van der Waals surface area contributed by atoms with Gasteiger partial charge in [-0.1, -0.05) is 41.9 Å². The molecule has 1 fully saturated rings. The van der Waals surface area contributed by atoms with Crippen LogP contribution in [0.25, 0.3) is 11.1 Å². The molecular formula is C27H25ClN4O2. The fourth-order valence-corrected chi connectivity index (χ4v) is 4.34. The van der Waals surface area contributed by atoms with Crippen LogP contribution in [0.1, 0.15) is 26.3 Å². The first kappa shape index (κ1) is 23.3. The maximum absolute atomic E-state index is 12.9. The molecule has 2 amide bonds. The van der Waals surface area contributed by atoms with Crippen molar-refractivity contribution in [1.29, 1.82) is 5.26 Å². The van der Waals surface area contributed by atoms with E-state index in [1.165, 1.54) is 4.90 Å². The second-order valence-electron chi connectivity index (χ2n) is 8.38. The highest BCUT2D eigenvalue weighted by molar-refractivity contribution is 6.34. The molecule has 0 bridgehead atoms. The predicted octanol–water partition coefficient (Wildman–Crippen LogP) is 4.54. The molecule has 1 saturated heterocycles. The normalized spacial score (nSPS) is 13.4. The van der Waals surface area contributed by atoms with Crippen LogP contribution in [-0.2, 0) is 0 Å². The van der Waals surface area contributed by atoms with Crippen LogP contribution in [0.5, 0.6) is 0 Å². The van der Waals surface area contributed by atoms with E-state index in [9.17, 15) is 14.9 Å². The van der Waals surface area contributed by atoms with Crippen LogP contribution >= 0.6 is 11.6 Å². The SMILES string of the molecule is CN(C)C(=O)c1ccc(-c2ccc(N3CCN(C(=O)c4ccccc4C#N)CC3)cc2)cc1Cl. The highest BCUT2D eigenvalue weighted by Gasteiger charge is 2.24. The van der Waals surface area contributed by atoms with Crippen LogP contribution < -0.4 is 4.90 Å². The maximum Gasteiger partial charge on any atom is 0.255 e. The van der Waals surface area contributed by atoms with Crippen molar-refractivity contribution in [2.45, 2.75) is 0 Å². The van der Waals surface area contributed by atoms with Crippen molar-refractivity contribution in [1.82, 2.24) is 9.80 Å². The molecule has 0 atom stereocenters. The molecular weight excluding hydrogens is 448 g/mol. The van der Waals surface area contributed by atoms with Crippen molar-refractivity contribution in [3.8, 4) is 17.2 Å². The molecule has 0 radical (unpaired) electrons. The Morgan fingerprint density at radius 2 is 1.53 bits per heavy atom. The summed E-state index contributed by atoms with van der Waals surface area (Å²) < 4.78 is 0. The second kappa shape index (κ2) is 9.98. The van der Waals surface area contributed by atoms with Gasteiger partial charge in [0.25, 0.3) is 11.8 Å². The van der Waals surface area contributed by atoms with E-state index in [1.807, 2.05) is 24.3 Å². The molecule has 1 aliphatic rings. The number of anilines is 1. The van der Waals surface area contributed by atoms with Gasteiger partial charge in [-0.3, -0.25) is 9.59 Å². The number of carbonyl (C=O) groups excluding carboxylic acids is 2. The van der Waals surface area contributed by atoms with E-state index in [1.54, 1.807) is 49.3 Å². The summed E-state index contributed by atoms with van der Waals surface area (Å²) in [5.74, 6) is -0.221. The van der Waals surface area contributed by atoms with Crippen molar-refractivity contribution < 1.29 is 9.59 Å². The van der Waals surface area contributed by atoms with Gasteiger partial charge in [0.2, 0.25) is 0 Å². The standard InChI is InChI=1S/C27H25ClN4O2/c1-30(2)26(33)24-12-9-20(17-25(24)28)19-7-10-22(11-8-19)31-13-15-32(16-14-31)27(34)23-6-4-3-5-21(23)18-29/h3-12,17H,13-16H2,1-2H3. The highest BCUT2D eigenvalue weighted by Crippen LogP contribution is 2.28. The van der Waals surface area contributed by atoms with Crippen LogP contribution in [0, 0.1) is 11.3 Å². The van der Waals surface area contributed by atoms with Gasteiger partial charge in [-0.25, -0.2) is 0 Å². The third-order valence-corrected chi connectivity index (χ3v) is 6.33. The first-order chi connectivity index (χ1) is 16.4. The van der Waals surface area contributed by atoms with Gasteiger partial charge in [-0.05, 0) is 47.5 Å².